The molecule has 1 fully saturated rings. The molecule has 2 aliphatic heterocycles. The lowest BCUT2D eigenvalue weighted by Gasteiger charge is -2.37. The highest BCUT2D eigenvalue weighted by atomic mass is 35.5. The van der Waals surface area contributed by atoms with Crippen LogP contribution < -0.4 is 10.2 Å². The predicted molar refractivity (Wildman–Crippen MR) is 135 cm³/mol. The van der Waals surface area contributed by atoms with Gasteiger partial charge in [-0.25, -0.2) is 13.8 Å². The molecule has 5 rings (SSSR count). The van der Waals surface area contributed by atoms with Crippen molar-refractivity contribution in [3.8, 4) is 16.9 Å². The fraction of sp³-hybridized carbons (Fsp3) is 0.154. The summed E-state index contributed by atoms with van der Waals surface area (Å²) in [5.41, 5.74) is 1.38. The Morgan fingerprint density at radius 1 is 1.17 bits per heavy atom. The monoisotopic (exact) mass is 494 g/mol. The predicted octanol–water partition coefficient (Wildman–Crippen LogP) is 5.33. The lowest BCUT2D eigenvalue weighted by molar-refractivity contribution is -0.126. The van der Waals surface area contributed by atoms with Crippen molar-refractivity contribution in [2.24, 2.45) is 0 Å². The van der Waals surface area contributed by atoms with Crippen molar-refractivity contribution in [2.45, 2.75) is 0 Å². The highest BCUT2D eigenvalue weighted by Crippen LogP contribution is 2.45. The van der Waals surface area contributed by atoms with Gasteiger partial charge in [-0.3, -0.25) is 4.79 Å². The average Bonchev–Trinajstić information content (AvgIpc) is 2.84. The number of benzene rings is 2. The number of amides is 1. The van der Waals surface area contributed by atoms with Gasteiger partial charge in [-0.1, -0.05) is 30.8 Å². The molecule has 2 aromatic carbocycles. The molecular weight excluding hydrogens is 474 g/mol. The van der Waals surface area contributed by atoms with Crippen LogP contribution >= 0.6 is 11.6 Å². The lowest BCUT2D eigenvalue weighted by Crippen LogP contribution is -2.48. The summed E-state index contributed by atoms with van der Waals surface area (Å²) in [5.74, 6) is -1.83. The van der Waals surface area contributed by atoms with Gasteiger partial charge in [0.15, 0.2) is 5.82 Å². The smallest absolute Gasteiger partial charge is 0.246 e. The first-order chi connectivity index (χ1) is 16.8. The van der Waals surface area contributed by atoms with Crippen LogP contribution in [-0.4, -0.2) is 47.1 Å². The Balaban J connectivity index is 1.73. The molecule has 0 unspecified atom stereocenters. The number of aromatic nitrogens is 1. The van der Waals surface area contributed by atoms with Gasteiger partial charge in [-0.05, 0) is 36.4 Å². The number of anilines is 2. The molecule has 0 atom stereocenters. The number of fused-ring (bicyclic) bond motifs is 2. The molecule has 0 aliphatic carbocycles. The maximum atomic E-state index is 16.0. The van der Waals surface area contributed by atoms with E-state index < -0.39 is 17.4 Å². The van der Waals surface area contributed by atoms with Crippen LogP contribution in [0.2, 0.25) is 5.02 Å². The minimum Gasteiger partial charge on any atom is -0.507 e. The minimum absolute atomic E-state index is 0.0269. The molecular formula is C26H21ClF2N4O2. The van der Waals surface area contributed by atoms with Crippen LogP contribution in [0.4, 0.5) is 20.3 Å². The van der Waals surface area contributed by atoms with Crippen LogP contribution in [0.25, 0.3) is 28.1 Å². The Hall–Kier alpha value is -3.91. The standard InChI is InChI=1S/C26H21ClF2N4O2/c1-3-20(35)32-9-11-33(12-10-32)25-15-8-7-14(2)30-26(15)31-24-16(25)13-17(27)21(23(24)29)22-18(28)5-4-6-19(22)34/h3-8,13,34H,1-2,9-12H2,(H,30,31). The van der Waals surface area contributed by atoms with Gasteiger partial charge < -0.3 is 20.2 Å². The van der Waals surface area contributed by atoms with E-state index in [0.717, 1.165) is 11.6 Å². The van der Waals surface area contributed by atoms with Gasteiger partial charge >= 0.3 is 0 Å². The third-order valence-corrected chi connectivity index (χ3v) is 6.53. The number of nitrogens with zero attached hydrogens (tertiary/aromatic N) is 3. The summed E-state index contributed by atoms with van der Waals surface area (Å²) in [5, 5.41) is 13.7. The zero-order valence-corrected chi connectivity index (χ0v) is 19.4. The van der Waals surface area contributed by atoms with Crippen molar-refractivity contribution in [3.63, 3.8) is 0 Å². The van der Waals surface area contributed by atoms with E-state index in [0.29, 0.717) is 48.8 Å². The van der Waals surface area contributed by atoms with Gasteiger partial charge in [0.05, 0.1) is 16.3 Å². The first kappa shape index (κ1) is 22.9. The number of phenolic OH excluding ortho intramolecular Hbond substituents is 1. The largest absolute Gasteiger partial charge is 0.507 e. The second-order valence-corrected chi connectivity index (χ2v) is 8.71. The van der Waals surface area contributed by atoms with Crippen LogP contribution in [0.3, 0.4) is 0 Å². The highest BCUT2D eigenvalue weighted by molar-refractivity contribution is 6.34. The number of halogens is 3. The van der Waals surface area contributed by atoms with E-state index in [9.17, 15) is 14.3 Å². The first-order valence-electron chi connectivity index (χ1n) is 10.9. The molecule has 3 aromatic rings. The first-order valence-corrected chi connectivity index (χ1v) is 11.3. The summed E-state index contributed by atoms with van der Waals surface area (Å²) in [6.07, 6.45) is 4.92. The Morgan fingerprint density at radius 2 is 1.91 bits per heavy atom. The molecule has 2 N–H and O–H groups in total. The van der Waals surface area contributed by atoms with Gasteiger partial charge in [0, 0.05) is 48.4 Å². The lowest BCUT2D eigenvalue weighted by atomic mass is 9.97. The van der Waals surface area contributed by atoms with Crippen molar-refractivity contribution in [3.05, 3.63) is 77.5 Å². The number of aromatic hydroxyl groups is 1. The summed E-state index contributed by atoms with van der Waals surface area (Å²) in [6, 6.07) is 5.26. The third-order valence-electron chi connectivity index (χ3n) is 6.24. The molecule has 0 radical (unpaired) electrons. The number of carbonyl (C=O) groups is 1. The number of phenols is 1. The molecule has 0 saturated carbocycles. The summed E-state index contributed by atoms with van der Waals surface area (Å²) in [6.45, 7) is 9.36. The molecule has 1 aromatic heterocycles. The van der Waals surface area contributed by atoms with Crippen molar-refractivity contribution < 1.29 is 18.7 Å². The summed E-state index contributed by atoms with van der Waals surface area (Å²) < 4.78 is 30.7. The maximum absolute atomic E-state index is 16.0. The Kier molecular flexibility index (Phi) is 5.68. The highest BCUT2D eigenvalue weighted by Gasteiger charge is 2.29. The SMILES string of the molecule is C=CC(=O)N1CCN(c2c3c(nc4c(F)c(-c5c(O)cccc5F)c(Cl)cc24)NC(=C)C=C3)CC1. The Morgan fingerprint density at radius 3 is 2.60 bits per heavy atom. The van der Waals surface area contributed by atoms with Gasteiger partial charge in [-0.2, -0.15) is 0 Å². The minimum atomic E-state index is -0.848. The van der Waals surface area contributed by atoms with Gasteiger partial charge in [0.2, 0.25) is 5.91 Å². The molecule has 9 heteroatoms. The molecule has 3 heterocycles. The molecule has 1 amide bonds. The molecule has 0 spiro atoms. The third kappa shape index (κ3) is 3.80. The summed E-state index contributed by atoms with van der Waals surface area (Å²) in [7, 11) is 0. The van der Waals surface area contributed by atoms with Crippen molar-refractivity contribution in [1.29, 1.82) is 0 Å². The quantitative estimate of drug-likeness (QED) is 0.482. The number of piperazine rings is 1. The number of hydrogen-bond acceptors (Lipinski definition) is 5. The molecule has 6 nitrogen and oxygen atoms in total. The van der Waals surface area contributed by atoms with E-state index >= 15 is 4.39 Å². The van der Waals surface area contributed by atoms with E-state index in [1.54, 1.807) is 17.0 Å². The Labute approximate surface area is 205 Å². The van der Waals surface area contributed by atoms with Crippen LogP contribution in [0.1, 0.15) is 5.56 Å². The zero-order valence-electron chi connectivity index (χ0n) is 18.6. The number of pyridine rings is 1. The average molecular weight is 495 g/mol. The summed E-state index contributed by atoms with van der Waals surface area (Å²) in [4.78, 5) is 20.3. The molecule has 2 aliphatic rings. The van der Waals surface area contributed by atoms with Crippen LogP contribution in [0.15, 0.2) is 55.3 Å². The van der Waals surface area contributed by atoms with Gasteiger partial charge in [0.25, 0.3) is 0 Å². The van der Waals surface area contributed by atoms with Crippen molar-refractivity contribution in [1.82, 2.24) is 9.88 Å². The number of rotatable bonds is 3. The van der Waals surface area contributed by atoms with E-state index in [-0.39, 0.29) is 27.6 Å². The van der Waals surface area contributed by atoms with Crippen LogP contribution in [-0.2, 0) is 4.79 Å². The van der Waals surface area contributed by atoms with E-state index in [1.807, 2.05) is 11.0 Å². The topological polar surface area (TPSA) is 68.7 Å². The number of hydrogen-bond donors (Lipinski definition) is 2. The van der Waals surface area contributed by atoms with Gasteiger partial charge in [-0.15, -0.1) is 0 Å². The second-order valence-electron chi connectivity index (χ2n) is 8.30. The van der Waals surface area contributed by atoms with Gasteiger partial charge in [0.1, 0.15) is 22.9 Å². The maximum Gasteiger partial charge on any atom is 0.246 e. The van der Waals surface area contributed by atoms with Crippen LogP contribution in [0, 0.1) is 11.6 Å². The van der Waals surface area contributed by atoms with Crippen LogP contribution in [0.5, 0.6) is 5.75 Å². The van der Waals surface area contributed by atoms with Crippen molar-refractivity contribution >= 4 is 46.0 Å². The molecule has 1 saturated heterocycles. The normalized spacial score (nSPS) is 15.2. The van der Waals surface area contributed by atoms with E-state index in [1.165, 1.54) is 18.2 Å². The van der Waals surface area contributed by atoms with E-state index in [2.05, 4.69) is 23.5 Å². The fourth-order valence-electron chi connectivity index (χ4n) is 4.57. The zero-order chi connectivity index (χ0) is 24.9. The molecule has 35 heavy (non-hydrogen) atoms. The fourth-order valence-corrected chi connectivity index (χ4v) is 4.85. The van der Waals surface area contributed by atoms with Crippen molar-refractivity contribution in [2.75, 3.05) is 36.4 Å². The Bertz CT molecular complexity index is 1430. The number of nitrogens with one attached hydrogen (secondary N) is 1. The second kappa shape index (κ2) is 8.70. The number of allylic oxidation sites excluding steroid dienone is 1. The molecule has 0 bridgehead atoms. The summed E-state index contributed by atoms with van der Waals surface area (Å²) >= 11 is 6.51. The van der Waals surface area contributed by atoms with E-state index in [4.69, 9.17) is 11.6 Å². The molecule has 178 valence electrons. The number of carbonyl (C=O) groups excluding carboxylic acids is 1.